The number of amides is 1. The summed E-state index contributed by atoms with van der Waals surface area (Å²) < 4.78 is 13.1. The summed E-state index contributed by atoms with van der Waals surface area (Å²) in [5.74, 6) is -1.04. The molecule has 16 heavy (non-hydrogen) atoms. The first kappa shape index (κ1) is 12.9. The first-order valence-electron chi connectivity index (χ1n) is 4.84. The van der Waals surface area contributed by atoms with Crippen LogP contribution >= 0.6 is 11.6 Å². The highest BCUT2D eigenvalue weighted by atomic mass is 35.5. The van der Waals surface area contributed by atoms with E-state index < -0.39 is 17.3 Å². The zero-order valence-electron chi connectivity index (χ0n) is 9.18. The van der Waals surface area contributed by atoms with Gasteiger partial charge in [-0.25, -0.2) is 4.39 Å². The second kappa shape index (κ2) is 4.80. The molecule has 1 aromatic rings. The zero-order chi connectivity index (χ0) is 12.3. The van der Waals surface area contributed by atoms with Gasteiger partial charge in [-0.3, -0.25) is 4.79 Å². The third-order valence-corrected chi connectivity index (χ3v) is 2.54. The highest BCUT2D eigenvalue weighted by Gasteiger charge is 2.21. The van der Waals surface area contributed by atoms with Crippen LogP contribution in [0, 0.1) is 5.82 Å². The Bertz CT molecular complexity index is 407. The number of nitrogens with one attached hydrogen (secondary N) is 1. The number of halogens is 2. The standard InChI is InChI=1S/C11H14ClFN2O/c1-11(2,6-14)15-10(16)7-4-3-5-8(13)9(7)12/h3-5H,6,14H2,1-2H3,(H,15,16). The lowest BCUT2D eigenvalue weighted by molar-refractivity contribution is 0.0915. The van der Waals surface area contributed by atoms with Crippen molar-refractivity contribution in [2.75, 3.05) is 6.54 Å². The molecule has 0 aromatic heterocycles. The van der Waals surface area contributed by atoms with E-state index in [1.54, 1.807) is 13.8 Å². The molecule has 0 aliphatic carbocycles. The fourth-order valence-electron chi connectivity index (χ4n) is 1.10. The van der Waals surface area contributed by atoms with Gasteiger partial charge in [0.15, 0.2) is 0 Å². The number of hydrogen-bond donors (Lipinski definition) is 2. The average molecular weight is 245 g/mol. The average Bonchev–Trinajstić information content (AvgIpc) is 2.21. The van der Waals surface area contributed by atoms with Crippen LogP contribution in [0.3, 0.4) is 0 Å². The highest BCUT2D eigenvalue weighted by Crippen LogP contribution is 2.20. The highest BCUT2D eigenvalue weighted by molar-refractivity contribution is 6.34. The summed E-state index contributed by atoms with van der Waals surface area (Å²) >= 11 is 5.69. The molecule has 1 amide bonds. The summed E-state index contributed by atoms with van der Waals surface area (Å²) in [6.45, 7) is 3.84. The molecule has 0 atom stereocenters. The topological polar surface area (TPSA) is 55.1 Å². The third kappa shape index (κ3) is 2.93. The van der Waals surface area contributed by atoms with Crippen LogP contribution in [0.25, 0.3) is 0 Å². The van der Waals surface area contributed by atoms with Crippen molar-refractivity contribution in [2.45, 2.75) is 19.4 Å². The summed E-state index contributed by atoms with van der Waals surface area (Å²) in [5, 5.41) is 2.50. The van der Waals surface area contributed by atoms with Crippen LogP contribution in [0.5, 0.6) is 0 Å². The molecule has 88 valence electrons. The Kier molecular flexibility index (Phi) is 3.88. The SMILES string of the molecule is CC(C)(CN)NC(=O)c1cccc(F)c1Cl. The molecule has 0 saturated heterocycles. The molecule has 0 aliphatic rings. The van der Waals surface area contributed by atoms with E-state index in [1.807, 2.05) is 0 Å². The molecule has 1 rings (SSSR count). The number of nitrogens with two attached hydrogens (primary N) is 1. The lowest BCUT2D eigenvalue weighted by Crippen LogP contribution is -2.48. The lowest BCUT2D eigenvalue weighted by atomic mass is 10.1. The third-order valence-electron chi connectivity index (χ3n) is 2.16. The molecule has 1 aromatic carbocycles. The van der Waals surface area contributed by atoms with Crippen molar-refractivity contribution < 1.29 is 9.18 Å². The largest absolute Gasteiger partial charge is 0.346 e. The summed E-state index contributed by atoms with van der Waals surface area (Å²) in [5.41, 5.74) is 5.04. The maximum atomic E-state index is 13.1. The molecule has 0 unspecified atom stereocenters. The van der Waals surface area contributed by atoms with E-state index >= 15 is 0 Å². The van der Waals surface area contributed by atoms with Gasteiger partial charge < -0.3 is 11.1 Å². The maximum Gasteiger partial charge on any atom is 0.253 e. The Labute approximate surface area is 98.8 Å². The minimum Gasteiger partial charge on any atom is -0.346 e. The van der Waals surface area contributed by atoms with E-state index in [0.29, 0.717) is 0 Å². The molecule has 3 nitrogen and oxygen atoms in total. The van der Waals surface area contributed by atoms with Gasteiger partial charge in [0.1, 0.15) is 5.82 Å². The van der Waals surface area contributed by atoms with Crippen LogP contribution in [-0.2, 0) is 0 Å². The van der Waals surface area contributed by atoms with E-state index in [1.165, 1.54) is 18.2 Å². The molecule has 3 N–H and O–H groups in total. The van der Waals surface area contributed by atoms with Crippen LogP contribution in [0.4, 0.5) is 4.39 Å². The molecule has 0 radical (unpaired) electrons. The van der Waals surface area contributed by atoms with Crippen molar-refractivity contribution in [1.29, 1.82) is 0 Å². The van der Waals surface area contributed by atoms with Crippen molar-refractivity contribution in [3.8, 4) is 0 Å². The van der Waals surface area contributed by atoms with Gasteiger partial charge >= 0.3 is 0 Å². The smallest absolute Gasteiger partial charge is 0.253 e. The van der Waals surface area contributed by atoms with Gasteiger partial charge in [0.2, 0.25) is 0 Å². The van der Waals surface area contributed by atoms with Gasteiger partial charge in [-0.2, -0.15) is 0 Å². The van der Waals surface area contributed by atoms with Gasteiger partial charge in [0.25, 0.3) is 5.91 Å². The van der Waals surface area contributed by atoms with Gasteiger partial charge in [-0.1, -0.05) is 17.7 Å². The van der Waals surface area contributed by atoms with Gasteiger partial charge in [0, 0.05) is 12.1 Å². The van der Waals surface area contributed by atoms with Crippen molar-refractivity contribution in [1.82, 2.24) is 5.32 Å². The second-order valence-corrected chi connectivity index (χ2v) is 4.52. The molecule has 0 spiro atoms. The summed E-state index contributed by atoms with van der Waals surface area (Å²) in [6.07, 6.45) is 0. The minimum absolute atomic E-state index is 0.114. The molecule has 5 heteroatoms. The zero-order valence-corrected chi connectivity index (χ0v) is 9.94. The van der Waals surface area contributed by atoms with E-state index in [0.717, 1.165) is 0 Å². The lowest BCUT2D eigenvalue weighted by Gasteiger charge is -2.24. The van der Waals surface area contributed by atoms with E-state index in [9.17, 15) is 9.18 Å². The fourth-order valence-corrected chi connectivity index (χ4v) is 1.32. The predicted octanol–water partition coefficient (Wildman–Crippen LogP) is 1.95. The first-order chi connectivity index (χ1) is 7.37. The van der Waals surface area contributed by atoms with Crippen LogP contribution < -0.4 is 11.1 Å². The number of carbonyl (C=O) groups excluding carboxylic acids is 1. The molecule has 0 saturated carbocycles. The minimum atomic E-state index is -0.611. The predicted molar refractivity (Wildman–Crippen MR) is 62.0 cm³/mol. The van der Waals surface area contributed by atoms with Crippen molar-refractivity contribution in [2.24, 2.45) is 5.73 Å². The molecule has 0 heterocycles. The molecular weight excluding hydrogens is 231 g/mol. The number of rotatable bonds is 3. The first-order valence-corrected chi connectivity index (χ1v) is 5.22. The van der Waals surface area contributed by atoms with E-state index in [-0.39, 0.29) is 17.1 Å². The van der Waals surface area contributed by atoms with Gasteiger partial charge in [-0.05, 0) is 26.0 Å². The van der Waals surface area contributed by atoms with Crippen LogP contribution in [0.2, 0.25) is 5.02 Å². The molecule has 0 fully saturated rings. The Morgan fingerprint density at radius 1 is 1.56 bits per heavy atom. The number of hydrogen-bond acceptors (Lipinski definition) is 2. The van der Waals surface area contributed by atoms with E-state index in [4.69, 9.17) is 17.3 Å². The Hall–Kier alpha value is -1.13. The van der Waals surface area contributed by atoms with Crippen LogP contribution in [-0.4, -0.2) is 18.0 Å². The summed E-state index contributed by atoms with van der Waals surface area (Å²) in [7, 11) is 0. The summed E-state index contributed by atoms with van der Waals surface area (Å²) in [6, 6.07) is 4.10. The monoisotopic (exact) mass is 244 g/mol. The Balaban J connectivity index is 2.94. The fraction of sp³-hybridized carbons (Fsp3) is 0.364. The number of carbonyl (C=O) groups is 1. The normalized spacial score (nSPS) is 11.3. The second-order valence-electron chi connectivity index (χ2n) is 4.14. The van der Waals surface area contributed by atoms with Crippen LogP contribution in [0.15, 0.2) is 18.2 Å². The van der Waals surface area contributed by atoms with Crippen molar-refractivity contribution in [3.05, 3.63) is 34.6 Å². The summed E-state index contributed by atoms with van der Waals surface area (Å²) in [4.78, 5) is 11.8. The van der Waals surface area contributed by atoms with Gasteiger partial charge in [-0.15, -0.1) is 0 Å². The Morgan fingerprint density at radius 3 is 2.75 bits per heavy atom. The molecule has 0 aliphatic heterocycles. The van der Waals surface area contributed by atoms with Crippen molar-refractivity contribution >= 4 is 17.5 Å². The molecular formula is C11H14ClFN2O. The molecule has 0 bridgehead atoms. The van der Waals surface area contributed by atoms with Crippen LogP contribution in [0.1, 0.15) is 24.2 Å². The van der Waals surface area contributed by atoms with Gasteiger partial charge in [0.05, 0.1) is 10.6 Å². The quantitative estimate of drug-likeness (QED) is 0.854. The Morgan fingerprint density at radius 2 is 2.19 bits per heavy atom. The van der Waals surface area contributed by atoms with Crippen molar-refractivity contribution in [3.63, 3.8) is 0 Å². The number of benzene rings is 1. The maximum absolute atomic E-state index is 13.1. The van der Waals surface area contributed by atoms with E-state index in [2.05, 4.69) is 5.32 Å².